The normalized spacial score (nSPS) is 11.5. The van der Waals surface area contributed by atoms with Gasteiger partial charge in [0.05, 0.1) is 38.8 Å². The summed E-state index contributed by atoms with van der Waals surface area (Å²) in [7, 11) is -3.25. The Balaban J connectivity index is 1.55. The highest BCUT2D eigenvalue weighted by atomic mass is 35.5. The molecule has 11 heteroatoms. The van der Waals surface area contributed by atoms with Gasteiger partial charge in [0.2, 0.25) is 15.8 Å². The number of sulfonamides is 1. The second kappa shape index (κ2) is 9.95. The lowest BCUT2D eigenvalue weighted by Gasteiger charge is -2.07. The average molecular weight is 496 g/mol. The highest BCUT2D eigenvalue weighted by Gasteiger charge is 2.15. The Morgan fingerprint density at radius 1 is 1.16 bits per heavy atom. The summed E-state index contributed by atoms with van der Waals surface area (Å²) in [6.45, 7) is 3.54. The van der Waals surface area contributed by atoms with E-state index < -0.39 is 16.0 Å². The first-order valence-electron chi connectivity index (χ1n) is 9.61. The molecule has 8 nitrogen and oxygen atoms in total. The van der Waals surface area contributed by atoms with Gasteiger partial charge in [0.1, 0.15) is 0 Å². The van der Waals surface area contributed by atoms with Crippen molar-refractivity contribution in [2.24, 2.45) is 0 Å². The fourth-order valence-corrected chi connectivity index (χ4v) is 4.44. The fraction of sp³-hybridized carbons (Fsp3) is 0.286. The Kier molecular flexibility index (Phi) is 7.50. The first kappa shape index (κ1) is 24.1. The smallest absolute Gasteiger partial charge is 0.338 e. The maximum absolute atomic E-state index is 12.3. The number of ether oxygens (including phenoxy) is 1. The molecule has 0 aliphatic carbocycles. The number of halogens is 1. The number of rotatable bonds is 9. The molecule has 170 valence electrons. The van der Waals surface area contributed by atoms with Crippen LogP contribution in [0.3, 0.4) is 0 Å². The number of nitrogens with one attached hydrogen (secondary N) is 1. The maximum Gasteiger partial charge on any atom is 0.338 e. The molecule has 1 aromatic carbocycles. The Morgan fingerprint density at radius 3 is 2.44 bits per heavy atom. The van der Waals surface area contributed by atoms with Crippen molar-refractivity contribution in [3.05, 3.63) is 68.1 Å². The van der Waals surface area contributed by atoms with Crippen LogP contribution in [0.4, 0.5) is 0 Å². The number of hydrogen-bond donors (Lipinski definition) is 1. The summed E-state index contributed by atoms with van der Waals surface area (Å²) in [5, 5.41) is 4.96. The van der Waals surface area contributed by atoms with Crippen LogP contribution < -0.4 is 4.72 Å². The zero-order chi connectivity index (χ0) is 23.5. The third kappa shape index (κ3) is 6.04. The lowest BCUT2D eigenvalue weighted by atomic mass is 10.2. The minimum absolute atomic E-state index is 0.252. The number of nitrogens with zero attached hydrogens (tertiary/aromatic N) is 2. The van der Waals surface area contributed by atoms with E-state index in [0.717, 1.165) is 28.2 Å². The van der Waals surface area contributed by atoms with Crippen LogP contribution in [0.2, 0.25) is 5.02 Å². The van der Waals surface area contributed by atoms with E-state index >= 15 is 0 Å². The first-order valence-corrected chi connectivity index (χ1v) is 12.7. The summed E-state index contributed by atoms with van der Waals surface area (Å²) in [6.07, 6.45) is 1.56. The number of benzene rings is 1. The summed E-state index contributed by atoms with van der Waals surface area (Å²) in [5.41, 5.74) is 2.58. The van der Waals surface area contributed by atoms with Gasteiger partial charge < -0.3 is 4.74 Å². The molecule has 0 bridgehead atoms. The van der Waals surface area contributed by atoms with Crippen LogP contribution in [-0.2, 0) is 21.2 Å². The van der Waals surface area contributed by atoms with Gasteiger partial charge in [-0.3, -0.25) is 4.79 Å². The lowest BCUT2D eigenvalue weighted by molar-refractivity contribution is 0.0476. The molecule has 32 heavy (non-hydrogen) atoms. The van der Waals surface area contributed by atoms with E-state index in [2.05, 4.69) is 9.82 Å². The van der Waals surface area contributed by atoms with Crippen LogP contribution in [0.25, 0.3) is 5.69 Å². The van der Waals surface area contributed by atoms with Gasteiger partial charge in [-0.2, -0.15) is 5.10 Å². The molecule has 0 saturated carbocycles. The van der Waals surface area contributed by atoms with E-state index in [1.807, 2.05) is 13.8 Å². The summed E-state index contributed by atoms with van der Waals surface area (Å²) < 4.78 is 31.4. The molecule has 0 fully saturated rings. The molecule has 2 aromatic heterocycles. The molecule has 0 amide bonds. The van der Waals surface area contributed by atoms with Gasteiger partial charge in [-0.15, -0.1) is 11.3 Å². The van der Waals surface area contributed by atoms with Gasteiger partial charge in [0, 0.05) is 11.4 Å². The largest absolute Gasteiger partial charge is 0.454 e. The van der Waals surface area contributed by atoms with Crippen molar-refractivity contribution in [2.75, 3.05) is 19.4 Å². The van der Waals surface area contributed by atoms with Gasteiger partial charge in [0.25, 0.3) is 0 Å². The topological polar surface area (TPSA) is 107 Å². The second-order valence-corrected chi connectivity index (χ2v) is 10.5. The van der Waals surface area contributed by atoms with Gasteiger partial charge in [-0.05, 0) is 56.7 Å². The minimum atomic E-state index is -3.25. The van der Waals surface area contributed by atoms with E-state index in [9.17, 15) is 18.0 Å². The SMILES string of the molecule is Cc1nn(-c2ccc(C(=O)OCC(=O)c3ccc(CCNS(C)(=O)=O)s3)cc2)c(C)c1Cl. The highest BCUT2D eigenvalue weighted by molar-refractivity contribution is 7.88. The second-order valence-electron chi connectivity index (χ2n) is 7.13. The van der Waals surface area contributed by atoms with Gasteiger partial charge in [0.15, 0.2) is 6.61 Å². The van der Waals surface area contributed by atoms with E-state index in [1.165, 1.54) is 11.3 Å². The molecule has 1 N–H and O–H groups in total. The minimum Gasteiger partial charge on any atom is -0.454 e. The van der Waals surface area contributed by atoms with Crippen molar-refractivity contribution in [3.8, 4) is 5.69 Å². The van der Waals surface area contributed by atoms with Crippen molar-refractivity contribution >= 4 is 44.7 Å². The molecule has 3 rings (SSSR count). The fourth-order valence-electron chi connectivity index (χ4n) is 2.92. The molecule has 0 unspecified atom stereocenters. The predicted molar refractivity (Wildman–Crippen MR) is 124 cm³/mol. The van der Waals surface area contributed by atoms with Gasteiger partial charge in [-0.25, -0.2) is 22.6 Å². The van der Waals surface area contributed by atoms with Crippen molar-refractivity contribution in [2.45, 2.75) is 20.3 Å². The van der Waals surface area contributed by atoms with Crippen LogP contribution in [0.5, 0.6) is 0 Å². The Hall–Kier alpha value is -2.53. The molecule has 3 aromatic rings. The zero-order valence-corrected chi connectivity index (χ0v) is 20.1. The van der Waals surface area contributed by atoms with Gasteiger partial charge >= 0.3 is 5.97 Å². The summed E-state index contributed by atoms with van der Waals surface area (Å²) in [5.74, 6) is -0.926. The van der Waals surface area contributed by atoms with Crippen molar-refractivity contribution in [3.63, 3.8) is 0 Å². The number of thiophene rings is 1. The molecular formula is C21H22ClN3O5S2. The Morgan fingerprint density at radius 2 is 1.84 bits per heavy atom. The number of aromatic nitrogens is 2. The third-order valence-electron chi connectivity index (χ3n) is 4.56. The Bertz CT molecular complexity index is 1250. The zero-order valence-electron chi connectivity index (χ0n) is 17.7. The quantitative estimate of drug-likeness (QED) is 0.360. The summed E-state index contributed by atoms with van der Waals surface area (Å²) in [4.78, 5) is 26.0. The van der Waals surface area contributed by atoms with E-state index in [4.69, 9.17) is 16.3 Å². The highest BCUT2D eigenvalue weighted by Crippen LogP contribution is 2.23. The predicted octanol–water partition coefficient (Wildman–Crippen LogP) is 3.34. The number of ketones is 1. The molecule has 2 heterocycles. The molecule has 0 saturated heterocycles. The number of carbonyl (C=O) groups is 2. The number of Topliss-reactive ketones (excluding diaryl/α,β-unsaturated/α-hetero) is 1. The van der Waals surface area contributed by atoms with E-state index in [1.54, 1.807) is 41.1 Å². The van der Waals surface area contributed by atoms with Crippen molar-refractivity contribution < 1.29 is 22.7 Å². The average Bonchev–Trinajstić information content (AvgIpc) is 3.31. The number of hydrogen-bond acceptors (Lipinski definition) is 7. The van der Waals surface area contributed by atoms with Crippen LogP contribution in [0, 0.1) is 13.8 Å². The van der Waals surface area contributed by atoms with Crippen LogP contribution in [0.1, 0.15) is 36.3 Å². The van der Waals surface area contributed by atoms with E-state index in [0.29, 0.717) is 21.9 Å². The van der Waals surface area contributed by atoms with Crippen molar-refractivity contribution in [1.82, 2.24) is 14.5 Å². The number of aryl methyl sites for hydroxylation is 1. The Labute approximate surface area is 195 Å². The molecule has 0 atom stereocenters. The standard InChI is InChI=1S/C21H22ClN3O5S2/c1-13-20(22)14(2)25(24-13)16-6-4-15(5-7-16)21(27)30-12-18(26)19-9-8-17(31-19)10-11-23-32(3,28)29/h4-9,23H,10-12H2,1-3H3. The summed E-state index contributed by atoms with van der Waals surface area (Å²) in [6, 6.07) is 10.1. The monoisotopic (exact) mass is 495 g/mol. The molecular weight excluding hydrogens is 474 g/mol. The van der Waals surface area contributed by atoms with Crippen LogP contribution >= 0.6 is 22.9 Å². The van der Waals surface area contributed by atoms with Gasteiger partial charge in [-0.1, -0.05) is 11.6 Å². The third-order valence-corrected chi connectivity index (χ3v) is 7.02. The molecule has 0 radical (unpaired) electrons. The van der Waals surface area contributed by atoms with E-state index in [-0.39, 0.29) is 18.9 Å². The number of carbonyl (C=O) groups excluding carboxylic acids is 2. The summed E-state index contributed by atoms with van der Waals surface area (Å²) >= 11 is 7.43. The van der Waals surface area contributed by atoms with Crippen LogP contribution in [-0.4, -0.2) is 49.4 Å². The maximum atomic E-state index is 12.3. The van der Waals surface area contributed by atoms with Crippen molar-refractivity contribution in [1.29, 1.82) is 0 Å². The molecule has 0 aliphatic rings. The first-order chi connectivity index (χ1) is 15.0. The number of esters is 1. The van der Waals surface area contributed by atoms with Crippen LogP contribution in [0.15, 0.2) is 36.4 Å². The molecule has 0 aliphatic heterocycles. The lowest BCUT2D eigenvalue weighted by Crippen LogP contribution is -2.24. The molecule has 0 spiro atoms.